The van der Waals surface area contributed by atoms with Gasteiger partial charge in [0.25, 0.3) is 0 Å². The van der Waals surface area contributed by atoms with Gasteiger partial charge in [-0.2, -0.15) is 0 Å². The molecule has 1 aromatic rings. The van der Waals surface area contributed by atoms with Crippen molar-refractivity contribution in [1.82, 2.24) is 4.72 Å². The maximum atomic E-state index is 12.2. The molecule has 0 aliphatic rings. The van der Waals surface area contributed by atoms with E-state index in [1.165, 1.54) is 0 Å². The summed E-state index contributed by atoms with van der Waals surface area (Å²) < 4.78 is 27.1. The van der Waals surface area contributed by atoms with Gasteiger partial charge >= 0.3 is 0 Å². The average Bonchev–Trinajstić information content (AvgIpc) is 2.34. The summed E-state index contributed by atoms with van der Waals surface area (Å²) in [6, 6.07) is 6.77. The summed E-state index contributed by atoms with van der Waals surface area (Å²) in [5.41, 5.74) is 6.36. The molecule has 5 heteroatoms. The lowest BCUT2D eigenvalue weighted by Gasteiger charge is -2.17. The molecule has 0 heterocycles. The van der Waals surface area contributed by atoms with Gasteiger partial charge in [-0.05, 0) is 25.0 Å². The van der Waals surface area contributed by atoms with Gasteiger partial charge in [0.2, 0.25) is 10.0 Å². The van der Waals surface area contributed by atoms with Crippen LogP contribution in [0, 0.1) is 6.92 Å². The summed E-state index contributed by atoms with van der Waals surface area (Å²) in [6.45, 7) is 4.19. The number of hydrogen-bond donors (Lipinski definition) is 2. The molecule has 0 aliphatic carbocycles. The van der Waals surface area contributed by atoms with Crippen LogP contribution in [-0.4, -0.2) is 21.0 Å². The van der Waals surface area contributed by atoms with Crippen molar-refractivity contribution in [3.8, 4) is 0 Å². The van der Waals surface area contributed by atoms with Crippen molar-refractivity contribution in [2.75, 3.05) is 6.54 Å². The van der Waals surface area contributed by atoms with Gasteiger partial charge in [0, 0.05) is 12.6 Å². The first-order chi connectivity index (χ1) is 8.51. The third-order valence-corrected chi connectivity index (χ3v) is 4.58. The molecule has 3 N–H and O–H groups in total. The van der Waals surface area contributed by atoms with Crippen LogP contribution in [-0.2, 0) is 10.0 Å². The van der Waals surface area contributed by atoms with Gasteiger partial charge in [-0.15, -0.1) is 0 Å². The normalized spacial score (nSPS) is 13.5. The van der Waals surface area contributed by atoms with E-state index < -0.39 is 10.0 Å². The molecule has 1 unspecified atom stereocenters. The highest BCUT2D eigenvalue weighted by Gasteiger charge is 2.20. The molecule has 0 fully saturated rings. The lowest BCUT2D eigenvalue weighted by atomic mass is 10.1. The van der Waals surface area contributed by atoms with Crippen LogP contribution < -0.4 is 10.5 Å². The molecule has 0 amide bonds. The second-order valence-electron chi connectivity index (χ2n) is 4.46. The highest BCUT2D eigenvalue weighted by atomic mass is 32.2. The zero-order valence-corrected chi connectivity index (χ0v) is 11.8. The van der Waals surface area contributed by atoms with Gasteiger partial charge in [0.1, 0.15) is 0 Å². The van der Waals surface area contributed by atoms with E-state index in [2.05, 4.69) is 11.6 Å². The van der Waals surface area contributed by atoms with Crippen LogP contribution in [0.15, 0.2) is 29.2 Å². The predicted octanol–water partition coefficient (Wildman–Crippen LogP) is 1.79. The Morgan fingerprint density at radius 2 is 2.00 bits per heavy atom. The van der Waals surface area contributed by atoms with Crippen LogP contribution in [0.5, 0.6) is 0 Å². The standard InChI is InChI=1S/C13H22N2O2S/c1-3-4-8-12(10-14)15-18(16,17)13-9-6-5-7-11(13)2/h5-7,9,12,15H,3-4,8,10,14H2,1-2H3. The molecule has 102 valence electrons. The maximum Gasteiger partial charge on any atom is 0.241 e. The summed E-state index contributed by atoms with van der Waals surface area (Å²) in [6.07, 6.45) is 2.78. The Morgan fingerprint density at radius 1 is 1.33 bits per heavy atom. The van der Waals surface area contributed by atoms with Crippen molar-refractivity contribution in [1.29, 1.82) is 0 Å². The van der Waals surface area contributed by atoms with Crippen LogP contribution in [0.25, 0.3) is 0 Å². The number of hydrogen-bond acceptors (Lipinski definition) is 3. The molecular formula is C13H22N2O2S. The minimum Gasteiger partial charge on any atom is -0.329 e. The Morgan fingerprint density at radius 3 is 2.56 bits per heavy atom. The lowest BCUT2D eigenvalue weighted by Crippen LogP contribution is -2.40. The second kappa shape index (κ2) is 6.87. The Bertz CT molecular complexity index is 472. The molecule has 0 radical (unpaired) electrons. The summed E-state index contributed by atoms with van der Waals surface area (Å²) in [5.74, 6) is 0. The van der Waals surface area contributed by atoms with E-state index in [1.54, 1.807) is 25.1 Å². The number of benzene rings is 1. The first-order valence-corrected chi connectivity index (χ1v) is 7.77. The molecule has 0 saturated carbocycles. The lowest BCUT2D eigenvalue weighted by molar-refractivity contribution is 0.516. The zero-order valence-electron chi connectivity index (χ0n) is 11.0. The highest BCUT2D eigenvalue weighted by molar-refractivity contribution is 7.89. The van der Waals surface area contributed by atoms with Crippen LogP contribution in [0.3, 0.4) is 0 Å². The van der Waals surface area contributed by atoms with Gasteiger partial charge in [-0.1, -0.05) is 38.0 Å². The smallest absolute Gasteiger partial charge is 0.241 e. The summed E-state index contributed by atoms with van der Waals surface area (Å²) in [4.78, 5) is 0.333. The third-order valence-electron chi connectivity index (χ3n) is 2.90. The fraction of sp³-hybridized carbons (Fsp3) is 0.538. The summed E-state index contributed by atoms with van der Waals surface area (Å²) in [5, 5.41) is 0. The van der Waals surface area contributed by atoms with Gasteiger partial charge in [0.15, 0.2) is 0 Å². The van der Waals surface area contributed by atoms with Gasteiger partial charge in [0.05, 0.1) is 4.90 Å². The van der Waals surface area contributed by atoms with Gasteiger partial charge < -0.3 is 5.73 Å². The highest BCUT2D eigenvalue weighted by Crippen LogP contribution is 2.15. The van der Waals surface area contributed by atoms with Crippen LogP contribution in [0.2, 0.25) is 0 Å². The van der Waals surface area contributed by atoms with Crippen molar-refractivity contribution in [3.63, 3.8) is 0 Å². The van der Waals surface area contributed by atoms with E-state index in [0.29, 0.717) is 11.4 Å². The largest absolute Gasteiger partial charge is 0.329 e. The first kappa shape index (κ1) is 15.1. The van der Waals surface area contributed by atoms with E-state index in [4.69, 9.17) is 5.73 Å². The number of rotatable bonds is 7. The van der Waals surface area contributed by atoms with E-state index in [9.17, 15) is 8.42 Å². The number of aryl methyl sites for hydroxylation is 1. The molecule has 0 spiro atoms. The van der Waals surface area contributed by atoms with E-state index in [-0.39, 0.29) is 6.04 Å². The minimum atomic E-state index is -3.46. The van der Waals surface area contributed by atoms with Crippen LogP contribution in [0.4, 0.5) is 0 Å². The minimum absolute atomic E-state index is 0.186. The summed E-state index contributed by atoms with van der Waals surface area (Å²) in [7, 11) is -3.46. The molecule has 0 saturated heterocycles. The average molecular weight is 270 g/mol. The Hall–Kier alpha value is -0.910. The predicted molar refractivity (Wildman–Crippen MR) is 73.9 cm³/mol. The molecule has 0 bridgehead atoms. The number of unbranched alkanes of at least 4 members (excludes halogenated alkanes) is 1. The molecule has 4 nitrogen and oxygen atoms in total. The molecule has 0 aliphatic heterocycles. The number of sulfonamides is 1. The van der Waals surface area contributed by atoms with Crippen molar-refractivity contribution in [2.45, 2.75) is 44.0 Å². The zero-order chi connectivity index (χ0) is 13.6. The molecule has 1 atom stereocenters. The Labute approximate surface area is 110 Å². The fourth-order valence-electron chi connectivity index (χ4n) is 1.82. The third kappa shape index (κ3) is 4.08. The SMILES string of the molecule is CCCCC(CN)NS(=O)(=O)c1ccccc1C. The molecule has 1 rings (SSSR count). The first-order valence-electron chi connectivity index (χ1n) is 6.29. The van der Waals surface area contributed by atoms with Crippen LogP contribution in [0.1, 0.15) is 31.7 Å². The summed E-state index contributed by atoms with van der Waals surface area (Å²) >= 11 is 0. The topological polar surface area (TPSA) is 72.2 Å². The maximum absolute atomic E-state index is 12.2. The number of nitrogens with two attached hydrogens (primary N) is 1. The fourth-order valence-corrected chi connectivity index (χ4v) is 3.35. The Kier molecular flexibility index (Phi) is 5.78. The van der Waals surface area contributed by atoms with Crippen LogP contribution >= 0.6 is 0 Å². The number of nitrogens with one attached hydrogen (secondary N) is 1. The Balaban J connectivity index is 2.84. The van der Waals surface area contributed by atoms with Crippen molar-refractivity contribution >= 4 is 10.0 Å². The molecule has 18 heavy (non-hydrogen) atoms. The van der Waals surface area contributed by atoms with Gasteiger partial charge in [-0.3, -0.25) is 0 Å². The van der Waals surface area contributed by atoms with Crippen molar-refractivity contribution in [3.05, 3.63) is 29.8 Å². The molecular weight excluding hydrogens is 248 g/mol. The van der Waals surface area contributed by atoms with E-state index >= 15 is 0 Å². The van der Waals surface area contributed by atoms with Crippen molar-refractivity contribution < 1.29 is 8.42 Å². The van der Waals surface area contributed by atoms with E-state index in [1.807, 2.05) is 6.07 Å². The monoisotopic (exact) mass is 270 g/mol. The van der Waals surface area contributed by atoms with Crippen molar-refractivity contribution in [2.24, 2.45) is 5.73 Å². The quantitative estimate of drug-likeness (QED) is 0.793. The molecule has 0 aromatic heterocycles. The second-order valence-corrected chi connectivity index (χ2v) is 6.14. The van der Waals surface area contributed by atoms with E-state index in [0.717, 1.165) is 24.8 Å². The molecule has 1 aromatic carbocycles. The van der Waals surface area contributed by atoms with Gasteiger partial charge in [-0.25, -0.2) is 13.1 Å².